The molecule has 0 saturated heterocycles. The number of furan rings is 1. The second-order valence-corrected chi connectivity index (χ2v) is 7.60. The summed E-state index contributed by atoms with van der Waals surface area (Å²) in [6.07, 6.45) is 0.231. The Bertz CT molecular complexity index is 1050. The molecule has 6 heteroatoms. The van der Waals surface area contributed by atoms with Crippen molar-refractivity contribution < 1.29 is 9.21 Å². The van der Waals surface area contributed by atoms with Gasteiger partial charge in [0.05, 0.1) is 18.2 Å². The number of hydrogen-bond acceptors (Lipinski definition) is 4. The van der Waals surface area contributed by atoms with E-state index in [0.717, 1.165) is 33.0 Å². The first-order chi connectivity index (χ1) is 13.1. The molecule has 2 aromatic carbocycles. The predicted octanol–water partition coefficient (Wildman–Crippen LogP) is 5.63. The first-order valence-corrected chi connectivity index (χ1v) is 9.82. The van der Waals surface area contributed by atoms with Crippen molar-refractivity contribution in [3.8, 4) is 10.6 Å². The number of amides is 1. The van der Waals surface area contributed by atoms with Crippen LogP contribution in [0.4, 0.5) is 0 Å². The number of hydrogen-bond donors (Lipinski definition) is 1. The van der Waals surface area contributed by atoms with Crippen LogP contribution in [0, 0.1) is 0 Å². The van der Waals surface area contributed by atoms with Gasteiger partial charge in [-0.2, -0.15) is 0 Å². The summed E-state index contributed by atoms with van der Waals surface area (Å²) < 4.78 is 5.81. The van der Waals surface area contributed by atoms with Crippen LogP contribution in [-0.4, -0.2) is 10.9 Å². The molecule has 0 aliphatic rings. The van der Waals surface area contributed by atoms with Gasteiger partial charge in [0.1, 0.15) is 16.4 Å². The molecule has 0 bridgehead atoms. The first-order valence-electron chi connectivity index (χ1n) is 8.56. The predicted molar refractivity (Wildman–Crippen MR) is 109 cm³/mol. The van der Waals surface area contributed by atoms with E-state index in [9.17, 15) is 4.79 Å². The SMILES string of the molecule is CC(NC(=O)Cc1csc(-c2ccc(Cl)cc2)n1)c1cc2ccccc2o1. The molecule has 0 saturated carbocycles. The molecule has 0 fully saturated rings. The second-order valence-electron chi connectivity index (χ2n) is 6.30. The van der Waals surface area contributed by atoms with E-state index in [1.807, 2.05) is 66.9 Å². The summed E-state index contributed by atoms with van der Waals surface area (Å²) >= 11 is 7.44. The number of aromatic nitrogens is 1. The van der Waals surface area contributed by atoms with Crippen LogP contribution in [0.25, 0.3) is 21.5 Å². The van der Waals surface area contributed by atoms with E-state index in [0.29, 0.717) is 5.02 Å². The van der Waals surface area contributed by atoms with Gasteiger partial charge in [-0.1, -0.05) is 41.9 Å². The van der Waals surface area contributed by atoms with Crippen LogP contribution in [0.3, 0.4) is 0 Å². The lowest BCUT2D eigenvalue weighted by molar-refractivity contribution is -0.121. The number of benzene rings is 2. The summed E-state index contributed by atoms with van der Waals surface area (Å²) in [4.78, 5) is 17.0. The third kappa shape index (κ3) is 4.04. The minimum Gasteiger partial charge on any atom is -0.459 e. The first kappa shape index (κ1) is 17.8. The molecular formula is C21H17ClN2O2S. The molecule has 1 N–H and O–H groups in total. The summed E-state index contributed by atoms with van der Waals surface area (Å²) in [6, 6.07) is 17.1. The Balaban J connectivity index is 1.41. The number of carbonyl (C=O) groups excluding carboxylic acids is 1. The molecule has 4 nitrogen and oxygen atoms in total. The van der Waals surface area contributed by atoms with Gasteiger partial charge in [0.25, 0.3) is 0 Å². The summed E-state index contributed by atoms with van der Waals surface area (Å²) in [5.41, 5.74) is 2.56. The molecule has 1 atom stereocenters. The van der Waals surface area contributed by atoms with Crippen LogP contribution in [0.1, 0.15) is 24.4 Å². The Kier molecular flexibility index (Phi) is 4.97. The van der Waals surface area contributed by atoms with Crippen molar-refractivity contribution in [3.63, 3.8) is 0 Å². The number of halogens is 1. The largest absolute Gasteiger partial charge is 0.459 e. The second kappa shape index (κ2) is 7.55. The van der Waals surface area contributed by atoms with Crippen LogP contribution in [0.15, 0.2) is 64.4 Å². The van der Waals surface area contributed by atoms with Gasteiger partial charge in [-0.25, -0.2) is 4.98 Å². The minimum atomic E-state index is -0.209. The molecule has 136 valence electrons. The number of rotatable bonds is 5. The maximum atomic E-state index is 12.4. The van der Waals surface area contributed by atoms with E-state index in [1.54, 1.807) is 0 Å². The molecular weight excluding hydrogens is 380 g/mol. The van der Waals surface area contributed by atoms with Crippen molar-refractivity contribution in [1.29, 1.82) is 0 Å². The highest BCUT2D eigenvalue weighted by Crippen LogP contribution is 2.26. The maximum Gasteiger partial charge on any atom is 0.226 e. The summed E-state index contributed by atoms with van der Waals surface area (Å²) in [7, 11) is 0. The zero-order valence-corrected chi connectivity index (χ0v) is 16.2. The Labute approximate surface area is 165 Å². The average molecular weight is 397 g/mol. The number of fused-ring (bicyclic) bond motifs is 1. The topological polar surface area (TPSA) is 55.1 Å². The summed E-state index contributed by atoms with van der Waals surface area (Å²) in [5.74, 6) is 0.653. The fourth-order valence-corrected chi connectivity index (χ4v) is 3.81. The Hall–Kier alpha value is -2.63. The number of thiazole rings is 1. The zero-order chi connectivity index (χ0) is 18.8. The molecule has 0 aliphatic carbocycles. The van der Waals surface area contributed by atoms with Gasteiger partial charge < -0.3 is 9.73 Å². The monoisotopic (exact) mass is 396 g/mol. The Morgan fingerprint density at radius 3 is 2.78 bits per heavy atom. The van der Waals surface area contributed by atoms with E-state index in [2.05, 4.69) is 10.3 Å². The Morgan fingerprint density at radius 2 is 2.00 bits per heavy atom. The summed E-state index contributed by atoms with van der Waals surface area (Å²) in [5, 5.41) is 7.48. The standard InChI is InChI=1S/C21H17ClN2O2S/c1-13(19-10-15-4-2-3-5-18(15)26-19)23-20(25)11-17-12-27-21(24-17)14-6-8-16(22)9-7-14/h2-10,12-13H,11H2,1H3,(H,23,25). The fraction of sp³-hybridized carbons (Fsp3) is 0.143. The quantitative estimate of drug-likeness (QED) is 0.475. The van der Waals surface area contributed by atoms with Crippen LogP contribution in [0.5, 0.6) is 0 Å². The van der Waals surface area contributed by atoms with E-state index in [4.69, 9.17) is 16.0 Å². The van der Waals surface area contributed by atoms with Gasteiger partial charge in [-0.15, -0.1) is 11.3 Å². The van der Waals surface area contributed by atoms with E-state index in [-0.39, 0.29) is 18.4 Å². The lowest BCUT2D eigenvalue weighted by Gasteiger charge is -2.10. The van der Waals surface area contributed by atoms with Gasteiger partial charge in [-0.05, 0) is 31.2 Å². The molecule has 0 spiro atoms. The molecule has 27 heavy (non-hydrogen) atoms. The van der Waals surface area contributed by atoms with Gasteiger partial charge in [0.15, 0.2) is 0 Å². The van der Waals surface area contributed by atoms with Crippen molar-refractivity contribution in [3.05, 3.63) is 76.5 Å². The molecule has 0 aliphatic heterocycles. The molecule has 0 radical (unpaired) electrons. The van der Waals surface area contributed by atoms with Gasteiger partial charge in [0, 0.05) is 21.4 Å². The Morgan fingerprint density at radius 1 is 1.22 bits per heavy atom. The molecule has 1 amide bonds. The van der Waals surface area contributed by atoms with Crippen LogP contribution >= 0.6 is 22.9 Å². The lowest BCUT2D eigenvalue weighted by Crippen LogP contribution is -2.27. The average Bonchev–Trinajstić information content (AvgIpc) is 3.29. The third-order valence-electron chi connectivity index (χ3n) is 4.23. The van der Waals surface area contributed by atoms with E-state index >= 15 is 0 Å². The molecule has 2 aromatic heterocycles. The third-order valence-corrected chi connectivity index (χ3v) is 5.43. The van der Waals surface area contributed by atoms with E-state index in [1.165, 1.54) is 11.3 Å². The highest BCUT2D eigenvalue weighted by atomic mass is 35.5. The molecule has 1 unspecified atom stereocenters. The van der Waals surface area contributed by atoms with Crippen molar-refractivity contribution in [2.45, 2.75) is 19.4 Å². The lowest BCUT2D eigenvalue weighted by atomic mass is 10.2. The van der Waals surface area contributed by atoms with Crippen LogP contribution in [-0.2, 0) is 11.2 Å². The van der Waals surface area contributed by atoms with Crippen LogP contribution < -0.4 is 5.32 Å². The molecule has 4 rings (SSSR count). The number of para-hydroxylation sites is 1. The van der Waals surface area contributed by atoms with Gasteiger partial charge >= 0.3 is 0 Å². The highest BCUT2D eigenvalue weighted by Gasteiger charge is 2.15. The smallest absolute Gasteiger partial charge is 0.226 e. The highest BCUT2D eigenvalue weighted by molar-refractivity contribution is 7.13. The van der Waals surface area contributed by atoms with Crippen molar-refractivity contribution in [2.24, 2.45) is 0 Å². The van der Waals surface area contributed by atoms with Gasteiger partial charge in [0.2, 0.25) is 5.91 Å². The molecule has 4 aromatic rings. The van der Waals surface area contributed by atoms with Crippen molar-refractivity contribution in [2.75, 3.05) is 0 Å². The maximum absolute atomic E-state index is 12.4. The summed E-state index contributed by atoms with van der Waals surface area (Å²) in [6.45, 7) is 1.91. The molecule has 2 heterocycles. The van der Waals surface area contributed by atoms with Gasteiger partial charge in [-0.3, -0.25) is 4.79 Å². The van der Waals surface area contributed by atoms with Crippen LogP contribution in [0.2, 0.25) is 5.02 Å². The normalized spacial score (nSPS) is 12.2. The van der Waals surface area contributed by atoms with E-state index < -0.39 is 0 Å². The number of carbonyl (C=O) groups is 1. The zero-order valence-electron chi connectivity index (χ0n) is 14.6. The minimum absolute atomic E-state index is 0.0871. The van der Waals surface area contributed by atoms with Crippen molar-refractivity contribution in [1.82, 2.24) is 10.3 Å². The fourth-order valence-electron chi connectivity index (χ4n) is 2.86. The van der Waals surface area contributed by atoms with Crippen molar-refractivity contribution >= 4 is 39.8 Å². The number of nitrogens with zero attached hydrogens (tertiary/aromatic N) is 1. The number of nitrogens with one attached hydrogen (secondary N) is 1.